The van der Waals surface area contributed by atoms with Crippen LogP contribution >= 0.6 is 12.4 Å². The van der Waals surface area contributed by atoms with Crippen LogP contribution in [0.2, 0.25) is 0 Å². The lowest BCUT2D eigenvalue weighted by molar-refractivity contribution is -0.131. The highest BCUT2D eigenvalue weighted by Gasteiger charge is 2.38. The van der Waals surface area contributed by atoms with Crippen molar-refractivity contribution >= 4 is 18.3 Å². The van der Waals surface area contributed by atoms with E-state index in [-0.39, 0.29) is 18.4 Å². The summed E-state index contributed by atoms with van der Waals surface area (Å²) in [5, 5.41) is 3.56. The zero-order valence-corrected chi connectivity index (χ0v) is 12.5. The van der Waals surface area contributed by atoms with Gasteiger partial charge in [-0.2, -0.15) is 0 Å². The second kappa shape index (κ2) is 7.34. The Kier molecular flexibility index (Phi) is 6.44. The first-order valence-corrected chi connectivity index (χ1v) is 7.23. The highest BCUT2D eigenvalue weighted by atomic mass is 35.5. The molecule has 0 bridgehead atoms. The van der Waals surface area contributed by atoms with E-state index in [4.69, 9.17) is 0 Å². The van der Waals surface area contributed by atoms with E-state index in [0.717, 1.165) is 31.7 Å². The second-order valence-electron chi connectivity index (χ2n) is 5.72. The van der Waals surface area contributed by atoms with Gasteiger partial charge in [-0.05, 0) is 31.6 Å². The molecule has 1 saturated heterocycles. The van der Waals surface area contributed by atoms with Crippen LogP contribution in [-0.2, 0) is 4.79 Å². The molecule has 0 aromatic carbocycles. The van der Waals surface area contributed by atoms with Crippen molar-refractivity contribution < 1.29 is 4.79 Å². The number of halogens is 1. The Morgan fingerprint density at radius 3 is 2.72 bits per heavy atom. The summed E-state index contributed by atoms with van der Waals surface area (Å²) in [6.07, 6.45) is 8.62. The minimum Gasteiger partial charge on any atom is -0.344 e. The average molecular weight is 275 g/mol. The number of unbranched alkanes of at least 4 members (excludes halogenated alkanes) is 1. The molecule has 4 heteroatoms. The van der Waals surface area contributed by atoms with Gasteiger partial charge in [0.2, 0.25) is 5.91 Å². The number of fused-ring (bicyclic) bond motifs is 1. The van der Waals surface area contributed by atoms with Gasteiger partial charge in [0.1, 0.15) is 0 Å². The fraction of sp³-hybridized carbons (Fsp3) is 0.929. The van der Waals surface area contributed by atoms with Crippen molar-refractivity contribution in [2.75, 3.05) is 13.6 Å². The van der Waals surface area contributed by atoms with Crippen LogP contribution in [0.15, 0.2) is 0 Å². The highest BCUT2D eigenvalue weighted by Crippen LogP contribution is 2.33. The summed E-state index contributed by atoms with van der Waals surface area (Å²) in [6, 6.07) is 0.724. The number of carbonyl (C=O) groups is 1. The predicted octanol–water partition coefficient (Wildman–Crippen LogP) is 2.59. The molecular weight excluding hydrogens is 248 g/mol. The van der Waals surface area contributed by atoms with E-state index in [2.05, 4.69) is 12.2 Å². The molecule has 1 aliphatic heterocycles. The van der Waals surface area contributed by atoms with Gasteiger partial charge in [0.05, 0.1) is 6.04 Å². The van der Waals surface area contributed by atoms with Crippen molar-refractivity contribution in [2.45, 2.75) is 64.0 Å². The van der Waals surface area contributed by atoms with E-state index in [9.17, 15) is 4.79 Å². The van der Waals surface area contributed by atoms with Crippen LogP contribution in [0, 0.1) is 5.92 Å². The molecule has 1 amide bonds. The third-order valence-electron chi connectivity index (χ3n) is 4.38. The molecule has 2 aliphatic rings. The summed E-state index contributed by atoms with van der Waals surface area (Å²) in [7, 11) is 1.95. The standard InChI is InChI=1S/C14H26N2O.ClH/c1-3-4-9-16(2)14(17)13-10-11-7-5-6-8-12(11)15-13;/h11-13,15H,3-10H2,1-2H3;1H. The van der Waals surface area contributed by atoms with Crippen molar-refractivity contribution in [3.63, 3.8) is 0 Å². The Bertz CT molecular complexity index is 259. The van der Waals surface area contributed by atoms with Gasteiger partial charge in [0, 0.05) is 19.6 Å². The van der Waals surface area contributed by atoms with E-state index < -0.39 is 0 Å². The SMILES string of the molecule is CCCCN(C)C(=O)C1CC2CCCCC2N1.Cl. The number of nitrogens with one attached hydrogen (secondary N) is 1. The predicted molar refractivity (Wildman–Crippen MR) is 77.1 cm³/mol. The summed E-state index contributed by atoms with van der Waals surface area (Å²) < 4.78 is 0. The molecule has 1 N–H and O–H groups in total. The fourth-order valence-electron chi connectivity index (χ4n) is 3.28. The van der Waals surface area contributed by atoms with Gasteiger partial charge in [0.25, 0.3) is 0 Å². The zero-order chi connectivity index (χ0) is 12.3. The molecule has 3 nitrogen and oxygen atoms in total. The number of carbonyl (C=O) groups excluding carboxylic acids is 1. The molecule has 0 radical (unpaired) electrons. The van der Waals surface area contributed by atoms with Crippen molar-refractivity contribution in [2.24, 2.45) is 5.92 Å². The number of rotatable bonds is 4. The maximum Gasteiger partial charge on any atom is 0.239 e. The number of hydrogen-bond acceptors (Lipinski definition) is 2. The molecule has 3 unspecified atom stereocenters. The molecule has 1 heterocycles. The number of amides is 1. The second-order valence-corrected chi connectivity index (χ2v) is 5.72. The minimum atomic E-state index is 0. The van der Waals surface area contributed by atoms with Gasteiger partial charge >= 0.3 is 0 Å². The van der Waals surface area contributed by atoms with Gasteiger partial charge in [-0.3, -0.25) is 4.79 Å². The molecule has 0 aromatic rings. The van der Waals surface area contributed by atoms with E-state index in [1.54, 1.807) is 0 Å². The first-order chi connectivity index (χ1) is 8.22. The maximum absolute atomic E-state index is 12.3. The lowest BCUT2D eigenvalue weighted by Gasteiger charge is -2.24. The Labute approximate surface area is 117 Å². The molecular formula is C14H27ClN2O. The molecule has 3 atom stereocenters. The van der Waals surface area contributed by atoms with Gasteiger partial charge in [-0.1, -0.05) is 26.2 Å². The Morgan fingerprint density at radius 1 is 1.33 bits per heavy atom. The van der Waals surface area contributed by atoms with Gasteiger partial charge < -0.3 is 10.2 Å². The largest absolute Gasteiger partial charge is 0.344 e. The lowest BCUT2D eigenvalue weighted by atomic mass is 9.85. The molecule has 2 rings (SSSR count). The quantitative estimate of drug-likeness (QED) is 0.855. The van der Waals surface area contributed by atoms with Crippen molar-refractivity contribution in [3.8, 4) is 0 Å². The summed E-state index contributed by atoms with van der Waals surface area (Å²) in [5.41, 5.74) is 0. The first-order valence-electron chi connectivity index (χ1n) is 7.23. The van der Waals surface area contributed by atoms with Crippen LogP contribution in [0.1, 0.15) is 51.9 Å². The van der Waals surface area contributed by atoms with E-state index in [1.165, 1.54) is 25.7 Å². The molecule has 1 aliphatic carbocycles. The van der Waals surface area contributed by atoms with Crippen LogP contribution < -0.4 is 5.32 Å². The highest BCUT2D eigenvalue weighted by molar-refractivity contribution is 5.85. The summed E-state index contributed by atoms with van der Waals surface area (Å²) in [6.45, 7) is 3.07. The Balaban J connectivity index is 0.00000162. The van der Waals surface area contributed by atoms with Crippen molar-refractivity contribution in [3.05, 3.63) is 0 Å². The maximum atomic E-state index is 12.3. The van der Waals surface area contributed by atoms with Crippen LogP contribution in [0.25, 0.3) is 0 Å². The van der Waals surface area contributed by atoms with E-state index in [1.807, 2.05) is 11.9 Å². The third-order valence-corrected chi connectivity index (χ3v) is 4.38. The summed E-state index contributed by atoms with van der Waals surface area (Å²) in [5.74, 6) is 1.07. The fourth-order valence-corrected chi connectivity index (χ4v) is 3.28. The molecule has 2 fully saturated rings. The molecule has 0 aromatic heterocycles. The summed E-state index contributed by atoms with van der Waals surface area (Å²) in [4.78, 5) is 14.2. The molecule has 0 spiro atoms. The first kappa shape index (κ1) is 15.8. The zero-order valence-electron chi connectivity index (χ0n) is 11.7. The van der Waals surface area contributed by atoms with Gasteiger partial charge in [0.15, 0.2) is 0 Å². The van der Waals surface area contributed by atoms with Crippen LogP contribution in [0.3, 0.4) is 0 Å². The average Bonchev–Trinajstić information content (AvgIpc) is 2.78. The monoisotopic (exact) mass is 274 g/mol. The van der Waals surface area contributed by atoms with Gasteiger partial charge in [-0.25, -0.2) is 0 Å². The van der Waals surface area contributed by atoms with Crippen LogP contribution in [0.5, 0.6) is 0 Å². The number of likely N-dealkylation sites (N-methyl/N-ethyl adjacent to an activating group) is 1. The molecule has 106 valence electrons. The van der Waals surface area contributed by atoms with E-state index in [0.29, 0.717) is 11.9 Å². The van der Waals surface area contributed by atoms with Crippen molar-refractivity contribution in [1.29, 1.82) is 0 Å². The van der Waals surface area contributed by atoms with Crippen molar-refractivity contribution in [1.82, 2.24) is 10.2 Å². The normalized spacial score (nSPS) is 30.4. The smallest absolute Gasteiger partial charge is 0.239 e. The Morgan fingerprint density at radius 2 is 2.06 bits per heavy atom. The molecule has 18 heavy (non-hydrogen) atoms. The number of hydrogen-bond donors (Lipinski definition) is 1. The minimum absolute atomic E-state index is 0. The molecule has 1 saturated carbocycles. The van der Waals surface area contributed by atoms with E-state index >= 15 is 0 Å². The third kappa shape index (κ3) is 3.61. The van der Waals surface area contributed by atoms with Gasteiger partial charge in [-0.15, -0.1) is 12.4 Å². The van der Waals surface area contributed by atoms with Crippen LogP contribution in [0.4, 0.5) is 0 Å². The summed E-state index contributed by atoms with van der Waals surface area (Å²) >= 11 is 0. The topological polar surface area (TPSA) is 32.3 Å². The Hall–Kier alpha value is -0.280. The van der Waals surface area contributed by atoms with Crippen LogP contribution in [-0.4, -0.2) is 36.5 Å². The lowest BCUT2D eigenvalue weighted by Crippen LogP contribution is -2.44. The number of nitrogens with zero attached hydrogens (tertiary/aromatic N) is 1.